The van der Waals surface area contributed by atoms with Gasteiger partial charge in [0, 0.05) is 30.1 Å². The fourth-order valence-electron chi connectivity index (χ4n) is 4.75. The van der Waals surface area contributed by atoms with Crippen LogP contribution in [-0.4, -0.2) is 10.5 Å². The van der Waals surface area contributed by atoms with Crippen molar-refractivity contribution < 1.29 is 13.9 Å². The third kappa shape index (κ3) is 2.66. The molecule has 8 heteroatoms. The second kappa shape index (κ2) is 7.07. The third-order valence-corrected chi connectivity index (χ3v) is 6.36. The Morgan fingerprint density at radius 1 is 1.15 bits per heavy atom. The Morgan fingerprint density at radius 3 is 2.64 bits per heavy atom. The van der Waals surface area contributed by atoms with E-state index in [0.717, 1.165) is 0 Å². The number of pyridine rings is 1. The minimum atomic E-state index is -1.77. The molecule has 0 aliphatic carbocycles. The van der Waals surface area contributed by atoms with Crippen molar-refractivity contribution >= 4 is 11.6 Å². The standard InChI is InChI=1S/C25H19FN4O3/c1-14-10-20-21(23(31)29(14)2)25(18(12-27)22(28)33-20)17-8-3-4-9-19(17)30(24(25)32)13-15-6-5-7-16(26)11-15/h3-11H,13,28H2,1-2H3/t25-/m0/s1. The summed E-state index contributed by atoms with van der Waals surface area (Å²) in [4.78, 5) is 29.2. The molecule has 7 nitrogen and oxygen atoms in total. The summed E-state index contributed by atoms with van der Waals surface area (Å²) in [5.41, 5.74) is 5.96. The molecule has 5 rings (SSSR count). The number of aryl methyl sites for hydroxylation is 1. The number of nitriles is 1. The van der Waals surface area contributed by atoms with Crippen LogP contribution in [0.5, 0.6) is 5.75 Å². The van der Waals surface area contributed by atoms with Gasteiger partial charge >= 0.3 is 0 Å². The minimum absolute atomic E-state index is 0.0422. The molecule has 1 atom stereocenters. The van der Waals surface area contributed by atoms with Gasteiger partial charge < -0.3 is 19.9 Å². The molecule has 1 spiro atoms. The molecule has 2 aromatic carbocycles. The second-order valence-corrected chi connectivity index (χ2v) is 8.13. The van der Waals surface area contributed by atoms with Crippen LogP contribution in [0, 0.1) is 24.1 Å². The van der Waals surface area contributed by atoms with Gasteiger partial charge in [-0.15, -0.1) is 0 Å². The molecule has 2 N–H and O–H groups in total. The number of halogens is 1. The highest BCUT2D eigenvalue weighted by Crippen LogP contribution is 2.54. The van der Waals surface area contributed by atoms with E-state index in [-0.39, 0.29) is 29.3 Å². The Balaban J connectivity index is 1.84. The molecule has 2 aliphatic rings. The third-order valence-electron chi connectivity index (χ3n) is 6.36. The smallest absolute Gasteiger partial charge is 0.259 e. The quantitative estimate of drug-likeness (QED) is 0.658. The van der Waals surface area contributed by atoms with Crippen molar-refractivity contribution in [1.82, 2.24) is 4.57 Å². The van der Waals surface area contributed by atoms with Crippen molar-refractivity contribution in [3.8, 4) is 11.8 Å². The summed E-state index contributed by atoms with van der Waals surface area (Å²) < 4.78 is 20.9. The molecule has 2 aliphatic heterocycles. The lowest BCUT2D eigenvalue weighted by Gasteiger charge is -2.34. The van der Waals surface area contributed by atoms with Crippen LogP contribution in [0.15, 0.2) is 70.8 Å². The summed E-state index contributed by atoms with van der Waals surface area (Å²) in [6.45, 7) is 1.79. The molecule has 0 saturated carbocycles. The molecule has 3 aromatic rings. The maximum Gasteiger partial charge on any atom is 0.259 e. The van der Waals surface area contributed by atoms with Crippen LogP contribution in [-0.2, 0) is 23.8 Å². The number of anilines is 1. The first kappa shape index (κ1) is 20.5. The van der Waals surface area contributed by atoms with Gasteiger partial charge in [-0.25, -0.2) is 4.39 Å². The van der Waals surface area contributed by atoms with Crippen LogP contribution in [0.25, 0.3) is 0 Å². The summed E-state index contributed by atoms with van der Waals surface area (Å²) in [7, 11) is 1.59. The van der Waals surface area contributed by atoms with Gasteiger partial charge in [-0.05, 0) is 30.7 Å². The molecule has 33 heavy (non-hydrogen) atoms. The van der Waals surface area contributed by atoms with E-state index in [9.17, 15) is 19.2 Å². The number of rotatable bonds is 2. The molecule has 1 aromatic heterocycles. The SMILES string of the molecule is Cc1cc2c(c(=O)n1C)[C@@]1(C(=O)N(Cc3cccc(F)c3)c3ccccc31)C(C#N)=C(N)O2. The van der Waals surface area contributed by atoms with Crippen LogP contribution in [0.1, 0.15) is 22.4 Å². The van der Waals surface area contributed by atoms with Gasteiger partial charge in [-0.1, -0.05) is 30.3 Å². The maximum absolute atomic E-state index is 14.2. The largest absolute Gasteiger partial charge is 0.440 e. The number of para-hydroxylation sites is 1. The average Bonchev–Trinajstić information content (AvgIpc) is 3.01. The number of ether oxygens (including phenoxy) is 1. The van der Waals surface area contributed by atoms with Crippen molar-refractivity contribution in [3.63, 3.8) is 0 Å². The molecule has 0 fully saturated rings. The van der Waals surface area contributed by atoms with Gasteiger partial charge in [0.25, 0.3) is 5.56 Å². The number of hydrogen-bond acceptors (Lipinski definition) is 5. The zero-order valence-electron chi connectivity index (χ0n) is 17.9. The highest BCUT2D eigenvalue weighted by atomic mass is 19.1. The van der Waals surface area contributed by atoms with E-state index < -0.39 is 22.7 Å². The van der Waals surface area contributed by atoms with Crippen molar-refractivity contribution in [2.24, 2.45) is 12.8 Å². The van der Waals surface area contributed by atoms with Crippen molar-refractivity contribution in [3.05, 3.63) is 105 Å². The highest BCUT2D eigenvalue weighted by molar-refractivity contribution is 6.14. The number of benzene rings is 2. The summed E-state index contributed by atoms with van der Waals surface area (Å²) in [5, 5.41) is 10.1. The number of fused-ring (bicyclic) bond motifs is 4. The molecular formula is C25H19FN4O3. The van der Waals surface area contributed by atoms with E-state index in [0.29, 0.717) is 22.5 Å². The fraction of sp³-hybridized carbons (Fsp3) is 0.160. The monoisotopic (exact) mass is 442 g/mol. The average molecular weight is 442 g/mol. The molecule has 0 radical (unpaired) electrons. The van der Waals surface area contributed by atoms with E-state index in [2.05, 4.69) is 0 Å². The Hall–Kier alpha value is -4.38. The first-order valence-electron chi connectivity index (χ1n) is 10.3. The highest BCUT2D eigenvalue weighted by Gasteiger charge is 2.60. The topological polar surface area (TPSA) is 101 Å². The lowest BCUT2D eigenvalue weighted by atomic mass is 9.69. The number of nitrogens with two attached hydrogens (primary N) is 1. The zero-order chi connectivity index (χ0) is 23.5. The normalized spacial score (nSPS) is 18.7. The van der Waals surface area contributed by atoms with E-state index in [1.165, 1.54) is 21.6 Å². The molecule has 3 heterocycles. The van der Waals surface area contributed by atoms with Crippen LogP contribution in [0.2, 0.25) is 0 Å². The predicted molar refractivity (Wildman–Crippen MR) is 119 cm³/mol. The first-order chi connectivity index (χ1) is 15.8. The van der Waals surface area contributed by atoms with E-state index in [1.807, 2.05) is 6.07 Å². The van der Waals surface area contributed by atoms with Gasteiger partial charge in [0.05, 0.1) is 12.1 Å². The van der Waals surface area contributed by atoms with E-state index >= 15 is 0 Å². The number of nitrogens with zero attached hydrogens (tertiary/aromatic N) is 3. The van der Waals surface area contributed by atoms with Crippen LogP contribution >= 0.6 is 0 Å². The zero-order valence-corrected chi connectivity index (χ0v) is 17.9. The summed E-state index contributed by atoms with van der Waals surface area (Å²) in [6.07, 6.45) is 0. The molecule has 0 unspecified atom stereocenters. The fourth-order valence-corrected chi connectivity index (χ4v) is 4.75. The summed E-state index contributed by atoms with van der Waals surface area (Å²) >= 11 is 0. The van der Waals surface area contributed by atoms with Crippen LogP contribution < -0.4 is 20.9 Å². The Morgan fingerprint density at radius 2 is 1.91 bits per heavy atom. The molecule has 164 valence electrons. The van der Waals surface area contributed by atoms with Crippen molar-refractivity contribution in [2.75, 3.05) is 4.90 Å². The van der Waals surface area contributed by atoms with Crippen molar-refractivity contribution in [2.45, 2.75) is 18.9 Å². The molecule has 1 amide bonds. The number of aromatic nitrogens is 1. The van der Waals surface area contributed by atoms with Crippen LogP contribution in [0.3, 0.4) is 0 Å². The molecular weight excluding hydrogens is 423 g/mol. The van der Waals surface area contributed by atoms with E-state index in [1.54, 1.807) is 56.4 Å². The minimum Gasteiger partial charge on any atom is -0.440 e. The van der Waals surface area contributed by atoms with Gasteiger partial charge in [0.15, 0.2) is 5.41 Å². The lowest BCUT2D eigenvalue weighted by Crippen LogP contribution is -2.49. The van der Waals surface area contributed by atoms with E-state index in [4.69, 9.17) is 10.5 Å². The molecule has 0 bridgehead atoms. The number of amides is 1. The number of carbonyl (C=O) groups is 1. The van der Waals surface area contributed by atoms with Gasteiger partial charge in [-0.3, -0.25) is 9.59 Å². The first-order valence-corrected chi connectivity index (χ1v) is 10.3. The van der Waals surface area contributed by atoms with Gasteiger partial charge in [-0.2, -0.15) is 5.26 Å². The van der Waals surface area contributed by atoms with Crippen molar-refractivity contribution in [1.29, 1.82) is 5.26 Å². The predicted octanol–water partition coefficient (Wildman–Crippen LogP) is 2.75. The number of carbonyl (C=O) groups excluding carboxylic acids is 1. The lowest BCUT2D eigenvalue weighted by molar-refractivity contribution is -0.121. The van der Waals surface area contributed by atoms with Gasteiger partial charge in [0.1, 0.15) is 23.2 Å². The molecule has 0 saturated heterocycles. The second-order valence-electron chi connectivity index (χ2n) is 8.13. The summed E-state index contributed by atoms with van der Waals surface area (Å²) in [6, 6.07) is 16.5. The van der Waals surface area contributed by atoms with Crippen LogP contribution in [0.4, 0.5) is 10.1 Å². The number of hydrogen-bond donors (Lipinski definition) is 1. The Bertz CT molecular complexity index is 1480. The Labute approximate surface area is 188 Å². The Kier molecular flexibility index (Phi) is 4.40. The summed E-state index contributed by atoms with van der Waals surface area (Å²) in [5.74, 6) is -1.03. The maximum atomic E-state index is 14.2. The van der Waals surface area contributed by atoms with Gasteiger partial charge in [0.2, 0.25) is 11.8 Å².